The molecule has 0 saturated carbocycles. The number of hydrogen-bond donors (Lipinski definition) is 1. The minimum Gasteiger partial charge on any atom is -0.350 e. The molecule has 4 aromatic rings. The highest BCUT2D eigenvalue weighted by Gasteiger charge is 2.18. The summed E-state index contributed by atoms with van der Waals surface area (Å²) >= 11 is 1.27. The summed E-state index contributed by atoms with van der Waals surface area (Å²) in [7, 11) is 0. The number of aromatic nitrogens is 2. The van der Waals surface area contributed by atoms with E-state index in [9.17, 15) is 14.4 Å². The van der Waals surface area contributed by atoms with Gasteiger partial charge in [-0.05, 0) is 49.4 Å². The van der Waals surface area contributed by atoms with Crippen LogP contribution >= 0.6 is 11.3 Å². The fourth-order valence-corrected chi connectivity index (χ4v) is 4.44. The molecule has 158 valence electrons. The number of benzene rings is 2. The number of amides is 1. The van der Waals surface area contributed by atoms with Crippen LogP contribution in [0.3, 0.4) is 0 Å². The zero-order valence-corrected chi connectivity index (χ0v) is 18.5. The first-order valence-corrected chi connectivity index (χ1v) is 10.9. The lowest BCUT2D eigenvalue weighted by molar-refractivity contribution is -0.121. The van der Waals surface area contributed by atoms with E-state index in [-0.39, 0.29) is 18.0 Å². The van der Waals surface area contributed by atoms with Crippen LogP contribution in [0.15, 0.2) is 63.5 Å². The molecule has 2 aromatic heterocycles. The van der Waals surface area contributed by atoms with E-state index in [1.807, 2.05) is 57.2 Å². The standard InChI is InChI=1S/C24H23N3O3S/c1-15-4-7-18(8-5-15)13-25-21(28)14-26-20-10-11-31-22(20)23(29)27(24(26)30)19-9-6-16(2)12-17(19)3/h4-12H,13-14H2,1-3H3,(H,25,28). The monoisotopic (exact) mass is 433 g/mol. The molecule has 0 aliphatic rings. The molecular formula is C24H23N3O3S. The smallest absolute Gasteiger partial charge is 0.336 e. The van der Waals surface area contributed by atoms with Crippen LogP contribution in [0.2, 0.25) is 0 Å². The van der Waals surface area contributed by atoms with Crippen LogP contribution in [-0.2, 0) is 17.9 Å². The van der Waals surface area contributed by atoms with E-state index in [2.05, 4.69) is 5.32 Å². The molecule has 31 heavy (non-hydrogen) atoms. The molecule has 0 spiro atoms. The predicted molar refractivity (Wildman–Crippen MR) is 124 cm³/mol. The maximum atomic E-state index is 13.3. The number of carbonyl (C=O) groups excluding carboxylic acids is 1. The summed E-state index contributed by atoms with van der Waals surface area (Å²) in [4.78, 5) is 39.1. The molecule has 0 aliphatic heterocycles. The van der Waals surface area contributed by atoms with Crippen molar-refractivity contribution >= 4 is 27.5 Å². The molecule has 0 bridgehead atoms. The zero-order chi connectivity index (χ0) is 22.1. The molecule has 1 N–H and O–H groups in total. The van der Waals surface area contributed by atoms with E-state index >= 15 is 0 Å². The van der Waals surface area contributed by atoms with Crippen molar-refractivity contribution in [2.24, 2.45) is 0 Å². The van der Waals surface area contributed by atoms with Crippen molar-refractivity contribution in [3.63, 3.8) is 0 Å². The van der Waals surface area contributed by atoms with Gasteiger partial charge in [0.2, 0.25) is 5.91 Å². The number of nitrogens with one attached hydrogen (secondary N) is 1. The van der Waals surface area contributed by atoms with Crippen molar-refractivity contribution < 1.29 is 4.79 Å². The van der Waals surface area contributed by atoms with Crippen molar-refractivity contribution in [1.29, 1.82) is 0 Å². The predicted octanol–water partition coefficient (Wildman–Crippen LogP) is 3.46. The van der Waals surface area contributed by atoms with Crippen LogP contribution < -0.4 is 16.6 Å². The van der Waals surface area contributed by atoms with E-state index < -0.39 is 5.69 Å². The second-order valence-corrected chi connectivity index (χ2v) is 8.61. The average Bonchev–Trinajstić information content (AvgIpc) is 3.22. The molecule has 4 rings (SSSR count). The summed E-state index contributed by atoms with van der Waals surface area (Å²) < 4.78 is 2.99. The van der Waals surface area contributed by atoms with Gasteiger partial charge in [-0.15, -0.1) is 11.3 Å². The van der Waals surface area contributed by atoms with Crippen LogP contribution in [0, 0.1) is 20.8 Å². The molecule has 0 radical (unpaired) electrons. The number of nitrogens with zero attached hydrogens (tertiary/aromatic N) is 2. The van der Waals surface area contributed by atoms with Gasteiger partial charge >= 0.3 is 5.69 Å². The summed E-state index contributed by atoms with van der Waals surface area (Å²) in [5, 5.41) is 4.62. The normalized spacial score (nSPS) is 11.1. The van der Waals surface area contributed by atoms with Crippen molar-refractivity contribution in [1.82, 2.24) is 14.5 Å². The number of hydrogen-bond acceptors (Lipinski definition) is 4. The number of carbonyl (C=O) groups is 1. The molecule has 1 amide bonds. The number of aryl methyl sites for hydroxylation is 3. The van der Waals surface area contributed by atoms with E-state index in [1.54, 1.807) is 17.5 Å². The second kappa shape index (κ2) is 8.35. The summed E-state index contributed by atoms with van der Waals surface area (Å²) in [5.41, 5.74) is 4.12. The number of thiophene rings is 1. The van der Waals surface area contributed by atoms with Crippen LogP contribution in [0.1, 0.15) is 22.3 Å². The minimum atomic E-state index is -0.520. The Hall–Kier alpha value is -3.45. The Morgan fingerprint density at radius 3 is 2.39 bits per heavy atom. The highest BCUT2D eigenvalue weighted by Crippen LogP contribution is 2.18. The molecule has 0 atom stereocenters. The Morgan fingerprint density at radius 2 is 1.68 bits per heavy atom. The minimum absolute atomic E-state index is 0.164. The van der Waals surface area contributed by atoms with Gasteiger partial charge in [-0.25, -0.2) is 9.36 Å². The molecule has 0 unspecified atom stereocenters. The third-order valence-electron chi connectivity index (χ3n) is 5.26. The first-order chi connectivity index (χ1) is 14.8. The lowest BCUT2D eigenvalue weighted by Crippen LogP contribution is -2.41. The summed E-state index contributed by atoms with van der Waals surface area (Å²) in [6.45, 7) is 6.04. The van der Waals surface area contributed by atoms with Crippen LogP contribution in [0.4, 0.5) is 0 Å². The van der Waals surface area contributed by atoms with Gasteiger partial charge in [0, 0.05) is 6.54 Å². The topological polar surface area (TPSA) is 73.1 Å². The maximum absolute atomic E-state index is 13.3. The molecule has 0 saturated heterocycles. The van der Waals surface area contributed by atoms with Gasteiger partial charge in [0.15, 0.2) is 0 Å². The van der Waals surface area contributed by atoms with Crippen LogP contribution in [-0.4, -0.2) is 15.0 Å². The molecule has 7 heteroatoms. The van der Waals surface area contributed by atoms with Gasteiger partial charge in [0.25, 0.3) is 5.56 Å². The SMILES string of the molecule is Cc1ccc(CNC(=O)Cn2c(=O)n(-c3ccc(C)cc3C)c(=O)c3sccc32)cc1. The maximum Gasteiger partial charge on any atom is 0.336 e. The Morgan fingerprint density at radius 1 is 0.968 bits per heavy atom. The zero-order valence-electron chi connectivity index (χ0n) is 17.6. The van der Waals surface area contributed by atoms with E-state index in [1.165, 1.54) is 20.5 Å². The molecule has 2 heterocycles. The second-order valence-electron chi connectivity index (χ2n) is 7.70. The molecule has 0 fully saturated rings. The van der Waals surface area contributed by atoms with Crippen LogP contribution in [0.25, 0.3) is 15.9 Å². The first-order valence-electron chi connectivity index (χ1n) is 9.98. The Kier molecular flexibility index (Phi) is 5.61. The van der Waals surface area contributed by atoms with Gasteiger partial charge in [-0.2, -0.15) is 0 Å². The van der Waals surface area contributed by atoms with Crippen LogP contribution in [0.5, 0.6) is 0 Å². The first kappa shape index (κ1) is 20.8. The Balaban J connectivity index is 1.71. The van der Waals surface area contributed by atoms with Gasteiger partial charge < -0.3 is 5.32 Å². The quantitative estimate of drug-likeness (QED) is 0.524. The van der Waals surface area contributed by atoms with Gasteiger partial charge in [-0.1, -0.05) is 47.5 Å². The molecule has 6 nitrogen and oxygen atoms in total. The number of rotatable bonds is 5. The van der Waals surface area contributed by atoms with E-state index in [0.717, 1.165) is 22.3 Å². The summed E-state index contributed by atoms with van der Waals surface area (Å²) in [6, 6.07) is 15.2. The summed E-state index contributed by atoms with van der Waals surface area (Å²) in [5.74, 6) is -0.291. The number of fused-ring (bicyclic) bond motifs is 1. The van der Waals surface area contributed by atoms with E-state index in [0.29, 0.717) is 22.4 Å². The fraction of sp³-hybridized carbons (Fsp3) is 0.208. The fourth-order valence-electron chi connectivity index (χ4n) is 3.61. The third kappa shape index (κ3) is 4.09. The van der Waals surface area contributed by atoms with Gasteiger partial charge in [-0.3, -0.25) is 14.2 Å². The highest BCUT2D eigenvalue weighted by atomic mass is 32.1. The Labute approximate surface area is 183 Å². The molecule has 0 aliphatic carbocycles. The van der Waals surface area contributed by atoms with E-state index in [4.69, 9.17) is 0 Å². The lowest BCUT2D eigenvalue weighted by Gasteiger charge is -2.14. The Bertz CT molecular complexity index is 1390. The largest absolute Gasteiger partial charge is 0.350 e. The van der Waals surface area contributed by atoms with Gasteiger partial charge in [0.1, 0.15) is 11.2 Å². The average molecular weight is 434 g/mol. The summed E-state index contributed by atoms with van der Waals surface area (Å²) in [6.07, 6.45) is 0. The van der Waals surface area contributed by atoms with Crippen molar-refractivity contribution in [3.8, 4) is 5.69 Å². The molecular weight excluding hydrogens is 410 g/mol. The van der Waals surface area contributed by atoms with Gasteiger partial charge in [0.05, 0.1) is 11.2 Å². The van der Waals surface area contributed by atoms with Crippen molar-refractivity contribution in [3.05, 3.63) is 97.0 Å². The lowest BCUT2D eigenvalue weighted by atomic mass is 10.1. The third-order valence-corrected chi connectivity index (χ3v) is 6.15. The van der Waals surface area contributed by atoms with Crippen molar-refractivity contribution in [2.75, 3.05) is 0 Å². The van der Waals surface area contributed by atoms with Crippen molar-refractivity contribution in [2.45, 2.75) is 33.9 Å². The highest BCUT2D eigenvalue weighted by molar-refractivity contribution is 7.17. The molecule has 2 aromatic carbocycles.